The summed E-state index contributed by atoms with van der Waals surface area (Å²) in [6.07, 6.45) is 0.808. The summed E-state index contributed by atoms with van der Waals surface area (Å²) in [7, 11) is 0. The number of hydrogen-bond acceptors (Lipinski definition) is 2. The third kappa shape index (κ3) is 2.44. The molecule has 0 unspecified atom stereocenters. The van der Waals surface area contributed by atoms with E-state index in [0.29, 0.717) is 17.9 Å². The summed E-state index contributed by atoms with van der Waals surface area (Å²) in [4.78, 5) is 10.5. The van der Waals surface area contributed by atoms with Crippen LogP contribution in [-0.4, -0.2) is 12.9 Å². The van der Waals surface area contributed by atoms with Gasteiger partial charge in [-0.05, 0) is 13.0 Å². The van der Waals surface area contributed by atoms with Crippen LogP contribution in [-0.2, 0) is 4.74 Å². The van der Waals surface area contributed by atoms with Gasteiger partial charge >= 0.3 is 0 Å². The van der Waals surface area contributed by atoms with Crippen molar-refractivity contribution < 1.29 is 9.53 Å². The van der Waals surface area contributed by atoms with Crippen molar-refractivity contribution in [2.24, 2.45) is 0 Å². The smallest absolute Gasteiger partial charge is 0.150 e. The predicted molar refractivity (Wildman–Crippen MR) is 52.5 cm³/mol. The quantitative estimate of drug-likeness (QED) is 0.520. The average molecular weight is 176 g/mol. The Balaban J connectivity index is 2.88. The van der Waals surface area contributed by atoms with Gasteiger partial charge in [0.2, 0.25) is 0 Å². The summed E-state index contributed by atoms with van der Waals surface area (Å²) in [5, 5.41) is 0. The Morgan fingerprint density at radius 2 is 2.38 bits per heavy atom. The minimum atomic E-state index is 0.587. The number of ether oxygens (including phenoxy) is 1. The minimum absolute atomic E-state index is 0.587. The fourth-order valence-corrected chi connectivity index (χ4v) is 1.04. The van der Waals surface area contributed by atoms with Crippen molar-refractivity contribution in [1.29, 1.82) is 0 Å². The summed E-state index contributed by atoms with van der Waals surface area (Å²) >= 11 is 0. The van der Waals surface area contributed by atoms with Crippen LogP contribution in [0.5, 0.6) is 0 Å². The van der Waals surface area contributed by atoms with Gasteiger partial charge in [0.25, 0.3) is 0 Å². The van der Waals surface area contributed by atoms with Crippen molar-refractivity contribution in [3.8, 4) is 0 Å². The molecule has 1 rings (SSSR count). The molecule has 0 bridgehead atoms. The first-order valence-corrected chi connectivity index (χ1v) is 4.15. The zero-order valence-electron chi connectivity index (χ0n) is 7.62. The fourth-order valence-electron chi connectivity index (χ4n) is 1.04. The molecule has 0 saturated carbocycles. The molecule has 0 heterocycles. The van der Waals surface area contributed by atoms with Crippen molar-refractivity contribution in [3.05, 3.63) is 42.0 Å². The van der Waals surface area contributed by atoms with E-state index >= 15 is 0 Å². The summed E-state index contributed by atoms with van der Waals surface area (Å²) < 4.78 is 5.22. The molecule has 1 aromatic carbocycles. The molecule has 1 aromatic rings. The van der Waals surface area contributed by atoms with E-state index < -0.39 is 0 Å². The second kappa shape index (κ2) is 4.45. The van der Waals surface area contributed by atoms with Crippen molar-refractivity contribution in [3.63, 3.8) is 0 Å². The number of hydrogen-bond donors (Lipinski definition) is 0. The fraction of sp³-hybridized carbons (Fsp3) is 0.182. The first-order chi connectivity index (χ1) is 6.27. The zero-order valence-corrected chi connectivity index (χ0v) is 7.62. The van der Waals surface area contributed by atoms with E-state index in [-0.39, 0.29) is 0 Å². The Hall–Kier alpha value is -1.57. The summed E-state index contributed by atoms with van der Waals surface area (Å²) in [6.45, 7) is 6.24. The zero-order chi connectivity index (χ0) is 9.68. The second-order valence-corrected chi connectivity index (χ2v) is 2.60. The number of rotatable bonds is 4. The van der Waals surface area contributed by atoms with Crippen molar-refractivity contribution in [2.45, 2.75) is 6.92 Å². The van der Waals surface area contributed by atoms with Gasteiger partial charge < -0.3 is 4.74 Å². The molecular formula is C11H12O2. The normalized spacial score (nSPS) is 9.31. The van der Waals surface area contributed by atoms with Crippen LogP contribution < -0.4 is 0 Å². The minimum Gasteiger partial charge on any atom is -0.494 e. The first kappa shape index (κ1) is 9.52. The largest absolute Gasteiger partial charge is 0.494 e. The Bertz CT molecular complexity index is 316. The standard InChI is InChI=1S/C11H12O2/c1-3-13-9(2)11-6-4-5-10(7-11)8-12/h4-8H,2-3H2,1H3. The van der Waals surface area contributed by atoms with Crippen LogP contribution in [0.4, 0.5) is 0 Å². The van der Waals surface area contributed by atoms with Crippen LogP contribution in [0.3, 0.4) is 0 Å². The van der Waals surface area contributed by atoms with Crippen molar-refractivity contribution in [2.75, 3.05) is 6.61 Å². The summed E-state index contributed by atoms with van der Waals surface area (Å²) in [6, 6.07) is 7.18. The SMILES string of the molecule is C=C(OCC)c1cccc(C=O)c1. The molecule has 13 heavy (non-hydrogen) atoms. The molecule has 0 aliphatic rings. The van der Waals surface area contributed by atoms with Gasteiger partial charge in [-0.2, -0.15) is 0 Å². The van der Waals surface area contributed by atoms with E-state index in [0.717, 1.165) is 11.8 Å². The van der Waals surface area contributed by atoms with E-state index in [1.54, 1.807) is 12.1 Å². The van der Waals surface area contributed by atoms with E-state index in [4.69, 9.17) is 4.74 Å². The highest BCUT2D eigenvalue weighted by molar-refractivity contribution is 5.77. The second-order valence-electron chi connectivity index (χ2n) is 2.60. The van der Waals surface area contributed by atoms with Gasteiger partial charge in [-0.25, -0.2) is 0 Å². The highest BCUT2D eigenvalue weighted by Gasteiger charge is 1.99. The number of carbonyl (C=O) groups excluding carboxylic acids is 1. The molecular weight excluding hydrogens is 164 g/mol. The molecule has 0 saturated heterocycles. The maximum atomic E-state index is 10.5. The number of benzene rings is 1. The van der Waals surface area contributed by atoms with Crippen molar-refractivity contribution >= 4 is 12.0 Å². The van der Waals surface area contributed by atoms with E-state index in [1.165, 1.54) is 0 Å². The van der Waals surface area contributed by atoms with Crippen LogP contribution in [0, 0.1) is 0 Å². The lowest BCUT2D eigenvalue weighted by molar-refractivity contribution is 0.112. The molecule has 68 valence electrons. The lowest BCUT2D eigenvalue weighted by Gasteiger charge is -2.06. The monoisotopic (exact) mass is 176 g/mol. The Morgan fingerprint density at radius 3 is 3.00 bits per heavy atom. The van der Waals surface area contributed by atoms with Gasteiger partial charge in [-0.15, -0.1) is 0 Å². The highest BCUT2D eigenvalue weighted by atomic mass is 16.5. The molecule has 0 atom stereocenters. The van der Waals surface area contributed by atoms with Gasteiger partial charge in [0.15, 0.2) is 0 Å². The molecule has 0 aromatic heterocycles. The van der Waals surface area contributed by atoms with Crippen LogP contribution >= 0.6 is 0 Å². The van der Waals surface area contributed by atoms with Crippen molar-refractivity contribution in [1.82, 2.24) is 0 Å². The Labute approximate surface area is 77.8 Å². The highest BCUT2D eigenvalue weighted by Crippen LogP contribution is 2.14. The molecule has 2 nitrogen and oxygen atoms in total. The molecule has 0 N–H and O–H groups in total. The molecule has 0 aliphatic heterocycles. The van der Waals surface area contributed by atoms with Crippen LogP contribution in [0.15, 0.2) is 30.8 Å². The topological polar surface area (TPSA) is 26.3 Å². The third-order valence-electron chi connectivity index (χ3n) is 1.66. The van der Waals surface area contributed by atoms with E-state index in [9.17, 15) is 4.79 Å². The van der Waals surface area contributed by atoms with Crippen LogP contribution in [0.2, 0.25) is 0 Å². The number of aldehydes is 1. The van der Waals surface area contributed by atoms with Crippen LogP contribution in [0.1, 0.15) is 22.8 Å². The van der Waals surface area contributed by atoms with Gasteiger partial charge in [0, 0.05) is 11.1 Å². The Morgan fingerprint density at radius 1 is 1.62 bits per heavy atom. The molecule has 0 aliphatic carbocycles. The Kier molecular flexibility index (Phi) is 3.26. The first-order valence-electron chi connectivity index (χ1n) is 4.15. The van der Waals surface area contributed by atoms with Gasteiger partial charge in [-0.3, -0.25) is 4.79 Å². The average Bonchev–Trinajstić information content (AvgIpc) is 2.18. The lowest BCUT2D eigenvalue weighted by Crippen LogP contribution is -1.91. The number of carbonyl (C=O) groups is 1. The lowest BCUT2D eigenvalue weighted by atomic mass is 10.1. The van der Waals surface area contributed by atoms with Gasteiger partial charge in [-0.1, -0.05) is 24.8 Å². The maximum Gasteiger partial charge on any atom is 0.150 e. The van der Waals surface area contributed by atoms with Gasteiger partial charge in [0.05, 0.1) is 6.61 Å². The molecule has 0 fully saturated rings. The van der Waals surface area contributed by atoms with E-state index in [1.807, 2.05) is 19.1 Å². The van der Waals surface area contributed by atoms with Crippen LogP contribution in [0.25, 0.3) is 5.76 Å². The molecule has 0 amide bonds. The maximum absolute atomic E-state index is 10.5. The van der Waals surface area contributed by atoms with E-state index in [2.05, 4.69) is 6.58 Å². The predicted octanol–water partition coefficient (Wildman–Crippen LogP) is 2.51. The summed E-state index contributed by atoms with van der Waals surface area (Å²) in [5.41, 5.74) is 1.49. The molecule has 0 spiro atoms. The third-order valence-corrected chi connectivity index (χ3v) is 1.66. The molecule has 2 heteroatoms. The summed E-state index contributed by atoms with van der Waals surface area (Å²) in [5.74, 6) is 0.603. The molecule has 0 radical (unpaired) electrons. The van der Waals surface area contributed by atoms with Gasteiger partial charge in [0.1, 0.15) is 12.0 Å².